The lowest BCUT2D eigenvalue weighted by molar-refractivity contribution is -0.137. The van der Waals surface area contributed by atoms with Crippen LogP contribution in [-0.4, -0.2) is 40.0 Å². The van der Waals surface area contributed by atoms with Gasteiger partial charge in [-0.3, -0.25) is 14.5 Å². The minimum atomic E-state index is -0.721. The van der Waals surface area contributed by atoms with E-state index in [0.29, 0.717) is 5.92 Å². The predicted molar refractivity (Wildman–Crippen MR) is 101 cm³/mol. The highest BCUT2D eigenvalue weighted by atomic mass is 16.4. The molecule has 5 heteroatoms. The van der Waals surface area contributed by atoms with Gasteiger partial charge in [0.25, 0.3) is 0 Å². The van der Waals surface area contributed by atoms with Gasteiger partial charge < -0.3 is 10.8 Å². The molecular weight excluding hydrogens is 316 g/mol. The molecule has 0 aromatic rings. The summed E-state index contributed by atoms with van der Waals surface area (Å²) in [6.45, 7) is 9.01. The van der Waals surface area contributed by atoms with Crippen LogP contribution in [0.25, 0.3) is 0 Å². The Balaban J connectivity index is 2.51. The number of primary amides is 1. The van der Waals surface area contributed by atoms with E-state index in [-0.39, 0.29) is 29.3 Å². The Morgan fingerprint density at radius 3 is 2.00 bits per heavy atom. The molecule has 0 aromatic heterocycles. The van der Waals surface area contributed by atoms with Crippen LogP contribution in [0.2, 0.25) is 0 Å². The molecule has 0 spiro atoms. The maximum atomic E-state index is 12.1. The number of carboxylic acid groups (broad SMARTS) is 1. The van der Waals surface area contributed by atoms with Crippen molar-refractivity contribution in [2.45, 2.75) is 96.6 Å². The molecule has 3 N–H and O–H groups in total. The van der Waals surface area contributed by atoms with E-state index < -0.39 is 5.97 Å². The SMILES string of the molecule is CN1C(C)(C)CC(C(CCCCCCCC(=O)O)C(N)=O)CC1(C)C. The highest BCUT2D eigenvalue weighted by molar-refractivity contribution is 5.77. The van der Waals surface area contributed by atoms with Gasteiger partial charge in [0.2, 0.25) is 5.91 Å². The maximum absolute atomic E-state index is 12.1. The summed E-state index contributed by atoms with van der Waals surface area (Å²) >= 11 is 0. The summed E-state index contributed by atoms with van der Waals surface area (Å²) in [4.78, 5) is 25.0. The molecule has 1 atom stereocenters. The van der Waals surface area contributed by atoms with Crippen molar-refractivity contribution in [3.05, 3.63) is 0 Å². The van der Waals surface area contributed by atoms with Gasteiger partial charge in [-0.15, -0.1) is 0 Å². The molecule has 1 aliphatic heterocycles. The number of hydrogen-bond donors (Lipinski definition) is 2. The van der Waals surface area contributed by atoms with Gasteiger partial charge in [0.1, 0.15) is 0 Å². The zero-order valence-corrected chi connectivity index (χ0v) is 16.8. The van der Waals surface area contributed by atoms with Crippen LogP contribution in [0.3, 0.4) is 0 Å². The minimum Gasteiger partial charge on any atom is -0.481 e. The number of aliphatic carboxylic acids is 1. The third kappa shape index (κ3) is 6.61. The van der Waals surface area contributed by atoms with Gasteiger partial charge in [-0.25, -0.2) is 0 Å². The van der Waals surface area contributed by atoms with Crippen LogP contribution in [0.1, 0.15) is 85.5 Å². The number of nitrogens with two attached hydrogens (primary N) is 1. The van der Waals surface area contributed by atoms with Gasteiger partial charge in [0.15, 0.2) is 0 Å². The standard InChI is InChI=1S/C20H38N2O3/c1-19(2)13-15(14-20(3,4)22(19)5)16(18(21)25)11-9-7-6-8-10-12-17(23)24/h15-16H,6-14H2,1-5H3,(H2,21,25)(H,23,24). The van der Waals surface area contributed by atoms with E-state index in [1.54, 1.807) is 0 Å². The zero-order chi connectivity index (χ0) is 19.3. The van der Waals surface area contributed by atoms with E-state index in [0.717, 1.165) is 51.4 Å². The Hall–Kier alpha value is -1.10. The van der Waals surface area contributed by atoms with Crippen LogP contribution in [0.15, 0.2) is 0 Å². The molecule has 1 unspecified atom stereocenters. The largest absolute Gasteiger partial charge is 0.481 e. The van der Waals surface area contributed by atoms with Gasteiger partial charge in [-0.2, -0.15) is 0 Å². The van der Waals surface area contributed by atoms with E-state index in [4.69, 9.17) is 10.8 Å². The molecule has 1 amide bonds. The first kappa shape index (κ1) is 21.9. The first-order chi connectivity index (χ1) is 11.5. The second-order valence-corrected chi connectivity index (χ2v) is 9.06. The van der Waals surface area contributed by atoms with Crippen molar-refractivity contribution < 1.29 is 14.7 Å². The molecule has 1 rings (SSSR count). The topological polar surface area (TPSA) is 83.6 Å². The molecule has 0 radical (unpaired) electrons. The monoisotopic (exact) mass is 354 g/mol. The normalized spacial score (nSPS) is 21.8. The molecule has 146 valence electrons. The summed E-state index contributed by atoms with van der Waals surface area (Å²) in [7, 11) is 2.17. The zero-order valence-electron chi connectivity index (χ0n) is 16.8. The highest BCUT2D eigenvalue weighted by Gasteiger charge is 2.45. The number of carbonyl (C=O) groups is 2. The fraction of sp³-hybridized carbons (Fsp3) is 0.900. The highest BCUT2D eigenvalue weighted by Crippen LogP contribution is 2.44. The number of carboxylic acids is 1. The molecule has 0 saturated carbocycles. The fourth-order valence-electron chi connectivity index (χ4n) is 4.51. The van der Waals surface area contributed by atoms with Crippen LogP contribution in [0.4, 0.5) is 0 Å². The van der Waals surface area contributed by atoms with Gasteiger partial charge >= 0.3 is 5.97 Å². The molecule has 1 heterocycles. The van der Waals surface area contributed by atoms with Crippen molar-refractivity contribution in [3.63, 3.8) is 0 Å². The molecule has 25 heavy (non-hydrogen) atoms. The van der Waals surface area contributed by atoms with E-state index in [9.17, 15) is 9.59 Å². The molecule has 1 aliphatic rings. The number of likely N-dealkylation sites (tertiary alicyclic amines) is 1. The van der Waals surface area contributed by atoms with Crippen LogP contribution in [0, 0.1) is 11.8 Å². The predicted octanol–water partition coefficient (Wildman–Crippen LogP) is 3.80. The van der Waals surface area contributed by atoms with Crippen molar-refractivity contribution in [3.8, 4) is 0 Å². The van der Waals surface area contributed by atoms with Gasteiger partial charge in [0.05, 0.1) is 0 Å². The average Bonchev–Trinajstić information content (AvgIpc) is 2.46. The summed E-state index contributed by atoms with van der Waals surface area (Å²) in [6.07, 6.45) is 7.87. The molecular formula is C20H38N2O3. The molecule has 1 fully saturated rings. The lowest BCUT2D eigenvalue weighted by atomic mass is 9.68. The summed E-state index contributed by atoms with van der Waals surface area (Å²) in [6, 6.07) is 0. The first-order valence-electron chi connectivity index (χ1n) is 9.72. The number of carbonyl (C=O) groups excluding carboxylic acids is 1. The van der Waals surface area contributed by atoms with Crippen molar-refractivity contribution in [1.82, 2.24) is 4.90 Å². The first-order valence-corrected chi connectivity index (χ1v) is 9.72. The number of nitrogens with zero attached hydrogens (tertiary/aromatic N) is 1. The van der Waals surface area contributed by atoms with Crippen LogP contribution in [-0.2, 0) is 9.59 Å². The number of hydrogen-bond acceptors (Lipinski definition) is 3. The Bertz CT molecular complexity index is 442. The molecule has 0 aliphatic carbocycles. The van der Waals surface area contributed by atoms with Crippen molar-refractivity contribution in [2.75, 3.05) is 7.05 Å². The average molecular weight is 355 g/mol. The van der Waals surface area contributed by atoms with Gasteiger partial charge in [-0.1, -0.05) is 25.7 Å². The minimum absolute atomic E-state index is 0.0498. The maximum Gasteiger partial charge on any atom is 0.303 e. The molecule has 5 nitrogen and oxygen atoms in total. The van der Waals surface area contributed by atoms with E-state index in [2.05, 4.69) is 39.6 Å². The lowest BCUT2D eigenvalue weighted by Gasteiger charge is -2.54. The second kappa shape index (κ2) is 9.02. The quantitative estimate of drug-likeness (QED) is 0.584. The van der Waals surface area contributed by atoms with E-state index in [1.807, 2.05) is 0 Å². The molecule has 0 aromatic carbocycles. The van der Waals surface area contributed by atoms with Crippen LogP contribution < -0.4 is 5.73 Å². The number of unbranched alkanes of at least 4 members (excludes halogenated alkanes) is 4. The Morgan fingerprint density at radius 1 is 1.04 bits per heavy atom. The summed E-state index contributed by atoms with van der Waals surface area (Å²) in [5, 5.41) is 8.64. The van der Waals surface area contributed by atoms with Gasteiger partial charge in [0, 0.05) is 23.4 Å². The Kier molecular flexibility index (Phi) is 7.91. The van der Waals surface area contributed by atoms with Crippen molar-refractivity contribution >= 4 is 11.9 Å². The molecule has 1 saturated heterocycles. The lowest BCUT2D eigenvalue weighted by Crippen LogP contribution is -2.60. The number of amides is 1. The summed E-state index contributed by atoms with van der Waals surface area (Å²) in [5.74, 6) is -0.592. The fourth-order valence-corrected chi connectivity index (χ4v) is 4.51. The third-order valence-electron chi connectivity index (χ3n) is 6.18. The number of piperidine rings is 1. The summed E-state index contributed by atoms with van der Waals surface area (Å²) in [5.41, 5.74) is 5.89. The second-order valence-electron chi connectivity index (χ2n) is 9.06. The molecule has 0 bridgehead atoms. The summed E-state index contributed by atoms with van der Waals surface area (Å²) < 4.78 is 0. The van der Waals surface area contributed by atoms with Gasteiger partial charge in [-0.05, 0) is 66.3 Å². The number of rotatable bonds is 10. The van der Waals surface area contributed by atoms with Crippen molar-refractivity contribution in [1.29, 1.82) is 0 Å². The van der Waals surface area contributed by atoms with Crippen molar-refractivity contribution in [2.24, 2.45) is 17.6 Å². The smallest absolute Gasteiger partial charge is 0.303 e. The Morgan fingerprint density at radius 2 is 1.52 bits per heavy atom. The van der Waals surface area contributed by atoms with E-state index >= 15 is 0 Å². The van der Waals surface area contributed by atoms with E-state index in [1.165, 1.54) is 0 Å². The Labute approximate surface area is 153 Å². The van der Waals surface area contributed by atoms with Crippen LogP contribution >= 0.6 is 0 Å². The van der Waals surface area contributed by atoms with Crippen LogP contribution in [0.5, 0.6) is 0 Å². The third-order valence-corrected chi connectivity index (χ3v) is 6.18.